The van der Waals surface area contributed by atoms with Gasteiger partial charge in [-0.2, -0.15) is 0 Å². The first kappa shape index (κ1) is 15.5. The molecule has 0 aromatic heterocycles. The van der Waals surface area contributed by atoms with Gasteiger partial charge < -0.3 is 10.0 Å². The second-order valence-electron chi connectivity index (χ2n) is 5.95. The number of aliphatic carboxylic acids is 1. The number of carboxylic acids is 1. The molecule has 118 valence electrons. The zero-order valence-corrected chi connectivity index (χ0v) is 13.8. The van der Waals surface area contributed by atoms with Gasteiger partial charge >= 0.3 is 5.97 Å². The summed E-state index contributed by atoms with van der Waals surface area (Å²) in [6, 6.07) is 7.55. The Bertz CT molecular complexity index is 593. The summed E-state index contributed by atoms with van der Waals surface area (Å²) in [5.41, 5.74) is 0.897. The van der Waals surface area contributed by atoms with Gasteiger partial charge in [-0.1, -0.05) is 22.0 Å². The second-order valence-corrected chi connectivity index (χ2v) is 6.86. The molecule has 2 heterocycles. The maximum absolute atomic E-state index is 12.7. The molecule has 3 rings (SSSR count). The van der Waals surface area contributed by atoms with Crippen LogP contribution in [-0.2, 0) is 9.59 Å². The van der Waals surface area contributed by atoms with E-state index >= 15 is 0 Å². The first-order valence-corrected chi connectivity index (χ1v) is 8.39. The van der Waals surface area contributed by atoms with Crippen molar-refractivity contribution >= 4 is 33.5 Å². The van der Waals surface area contributed by atoms with Crippen molar-refractivity contribution in [1.82, 2.24) is 4.90 Å². The number of halogens is 1. The lowest BCUT2D eigenvalue weighted by Gasteiger charge is -2.34. The van der Waals surface area contributed by atoms with Crippen molar-refractivity contribution in [3.63, 3.8) is 0 Å². The van der Waals surface area contributed by atoms with E-state index in [2.05, 4.69) is 20.8 Å². The molecule has 1 N–H and O–H groups in total. The van der Waals surface area contributed by atoms with Gasteiger partial charge in [-0.3, -0.25) is 14.5 Å². The second kappa shape index (κ2) is 6.38. The van der Waals surface area contributed by atoms with Gasteiger partial charge in [0.2, 0.25) is 5.91 Å². The normalized spacial score (nSPS) is 26.4. The number of carbonyl (C=O) groups is 2. The Kier molecular flexibility index (Phi) is 4.49. The Balaban J connectivity index is 1.72. The summed E-state index contributed by atoms with van der Waals surface area (Å²) < 4.78 is 0.949. The Labute approximate surface area is 138 Å². The van der Waals surface area contributed by atoms with Crippen LogP contribution in [0.2, 0.25) is 0 Å². The molecule has 2 aliphatic heterocycles. The number of anilines is 1. The average Bonchev–Trinajstić information content (AvgIpc) is 2.89. The number of carbonyl (C=O) groups excluding carboxylic acids is 1. The van der Waals surface area contributed by atoms with Gasteiger partial charge in [0, 0.05) is 23.2 Å². The molecule has 22 heavy (non-hydrogen) atoms. The van der Waals surface area contributed by atoms with Crippen molar-refractivity contribution in [2.24, 2.45) is 5.92 Å². The fourth-order valence-corrected chi connectivity index (χ4v) is 3.78. The van der Waals surface area contributed by atoms with Crippen LogP contribution in [0.15, 0.2) is 28.7 Å². The van der Waals surface area contributed by atoms with Gasteiger partial charge in [0.1, 0.15) is 0 Å². The molecule has 0 saturated carbocycles. The van der Waals surface area contributed by atoms with E-state index < -0.39 is 5.97 Å². The van der Waals surface area contributed by atoms with E-state index in [1.165, 1.54) is 0 Å². The van der Waals surface area contributed by atoms with Crippen LogP contribution in [0.4, 0.5) is 5.69 Å². The minimum atomic E-state index is -0.751. The topological polar surface area (TPSA) is 60.9 Å². The van der Waals surface area contributed by atoms with Gasteiger partial charge in [0.25, 0.3) is 0 Å². The smallest absolute Gasteiger partial charge is 0.307 e. The molecule has 1 amide bonds. The summed E-state index contributed by atoms with van der Waals surface area (Å²) in [7, 11) is 0. The predicted octanol–water partition coefficient (Wildman–Crippen LogP) is 2.35. The summed E-state index contributed by atoms with van der Waals surface area (Å²) in [4.78, 5) is 27.8. The number of amides is 1. The number of hydrogen-bond donors (Lipinski definition) is 1. The van der Waals surface area contributed by atoms with Crippen molar-refractivity contribution < 1.29 is 14.7 Å². The lowest BCUT2D eigenvalue weighted by atomic mass is 9.96. The molecule has 5 nitrogen and oxygen atoms in total. The molecular weight excluding hydrogens is 348 g/mol. The predicted molar refractivity (Wildman–Crippen MR) is 86.8 cm³/mol. The first-order valence-electron chi connectivity index (χ1n) is 7.60. The van der Waals surface area contributed by atoms with E-state index in [1.807, 2.05) is 24.3 Å². The lowest BCUT2D eigenvalue weighted by Crippen LogP contribution is -2.48. The number of benzene rings is 1. The largest absolute Gasteiger partial charge is 0.481 e. The van der Waals surface area contributed by atoms with Gasteiger partial charge in [-0.25, -0.2) is 0 Å². The highest BCUT2D eigenvalue weighted by molar-refractivity contribution is 9.10. The van der Waals surface area contributed by atoms with Crippen molar-refractivity contribution in [1.29, 1.82) is 0 Å². The molecule has 2 fully saturated rings. The van der Waals surface area contributed by atoms with E-state index in [0.717, 1.165) is 29.5 Å². The number of carboxylic acid groups (broad SMARTS) is 1. The molecule has 2 saturated heterocycles. The highest BCUT2D eigenvalue weighted by Gasteiger charge is 2.39. The van der Waals surface area contributed by atoms with Crippen molar-refractivity contribution in [2.45, 2.75) is 25.3 Å². The molecule has 1 aromatic rings. The van der Waals surface area contributed by atoms with Crippen molar-refractivity contribution in [3.8, 4) is 0 Å². The van der Waals surface area contributed by atoms with E-state index in [-0.39, 0.29) is 17.9 Å². The third-order valence-corrected chi connectivity index (χ3v) is 5.03. The molecule has 0 bridgehead atoms. The van der Waals surface area contributed by atoms with Gasteiger partial charge in [0.05, 0.1) is 12.0 Å². The quantitative estimate of drug-likeness (QED) is 0.891. The zero-order valence-electron chi connectivity index (χ0n) is 12.2. The van der Waals surface area contributed by atoms with Gasteiger partial charge in [-0.05, 0) is 44.0 Å². The van der Waals surface area contributed by atoms with Crippen LogP contribution in [0.3, 0.4) is 0 Å². The van der Waals surface area contributed by atoms with Gasteiger partial charge in [-0.15, -0.1) is 0 Å². The molecule has 1 aromatic carbocycles. The fourth-order valence-electron chi connectivity index (χ4n) is 3.40. The van der Waals surface area contributed by atoms with Crippen LogP contribution in [0.25, 0.3) is 0 Å². The van der Waals surface area contributed by atoms with Crippen LogP contribution < -0.4 is 4.90 Å². The van der Waals surface area contributed by atoms with Crippen LogP contribution in [0.1, 0.15) is 19.3 Å². The van der Waals surface area contributed by atoms with E-state index in [9.17, 15) is 14.7 Å². The summed E-state index contributed by atoms with van der Waals surface area (Å²) >= 11 is 3.43. The molecule has 0 aliphatic carbocycles. The fraction of sp³-hybridized carbons (Fsp3) is 0.500. The number of likely N-dealkylation sites (tertiary alicyclic amines) is 1. The Morgan fingerprint density at radius 1 is 1.27 bits per heavy atom. The number of piperidine rings is 1. The summed E-state index contributed by atoms with van der Waals surface area (Å²) in [5.74, 6) is -1.01. The Morgan fingerprint density at radius 2 is 2.09 bits per heavy atom. The SMILES string of the molecule is O=C(O)C1CCCN(C2CCN(c3cccc(Br)c3)C2=O)C1. The molecule has 2 aliphatic rings. The number of hydrogen-bond acceptors (Lipinski definition) is 3. The molecule has 0 spiro atoms. The van der Waals surface area contributed by atoms with Crippen LogP contribution >= 0.6 is 15.9 Å². The molecule has 2 atom stereocenters. The van der Waals surface area contributed by atoms with Crippen molar-refractivity contribution in [3.05, 3.63) is 28.7 Å². The first-order chi connectivity index (χ1) is 10.6. The molecule has 0 radical (unpaired) electrons. The average molecular weight is 367 g/mol. The maximum atomic E-state index is 12.7. The molecule has 2 unspecified atom stereocenters. The standard InChI is InChI=1S/C16H19BrN2O3/c17-12-4-1-5-13(9-12)19-8-6-14(15(19)20)18-7-2-3-11(10-18)16(21)22/h1,4-5,9,11,14H,2-3,6-8,10H2,(H,21,22). The van der Waals surface area contributed by atoms with E-state index in [0.29, 0.717) is 19.5 Å². The minimum absolute atomic E-state index is 0.0872. The van der Waals surface area contributed by atoms with Crippen LogP contribution in [0, 0.1) is 5.92 Å². The molecule has 6 heteroatoms. The van der Waals surface area contributed by atoms with Gasteiger partial charge in [0.15, 0.2) is 0 Å². The zero-order chi connectivity index (χ0) is 15.7. The highest BCUT2D eigenvalue weighted by Crippen LogP contribution is 2.29. The Hall–Kier alpha value is -1.40. The minimum Gasteiger partial charge on any atom is -0.481 e. The van der Waals surface area contributed by atoms with Crippen molar-refractivity contribution in [2.75, 3.05) is 24.5 Å². The third-order valence-electron chi connectivity index (χ3n) is 4.54. The molecular formula is C16H19BrN2O3. The maximum Gasteiger partial charge on any atom is 0.307 e. The Morgan fingerprint density at radius 3 is 2.82 bits per heavy atom. The number of nitrogens with zero attached hydrogens (tertiary/aromatic N) is 2. The monoisotopic (exact) mass is 366 g/mol. The number of rotatable bonds is 3. The summed E-state index contributed by atoms with van der Waals surface area (Å²) in [6.07, 6.45) is 2.32. The summed E-state index contributed by atoms with van der Waals surface area (Å²) in [5, 5.41) is 9.20. The third kappa shape index (κ3) is 3.03. The van der Waals surface area contributed by atoms with Crippen LogP contribution in [-0.4, -0.2) is 47.6 Å². The van der Waals surface area contributed by atoms with Crippen LogP contribution in [0.5, 0.6) is 0 Å². The summed E-state index contributed by atoms with van der Waals surface area (Å²) in [6.45, 7) is 1.98. The van der Waals surface area contributed by atoms with E-state index in [4.69, 9.17) is 0 Å². The highest BCUT2D eigenvalue weighted by atomic mass is 79.9. The van der Waals surface area contributed by atoms with E-state index in [1.54, 1.807) is 4.90 Å². The lowest BCUT2D eigenvalue weighted by molar-refractivity contribution is -0.144.